The van der Waals surface area contributed by atoms with Gasteiger partial charge in [0.05, 0.1) is 12.2 Å². The van der Waals surface area contributed by atoms with Gasteiger partial charge in [-0.3, -0.25) is 4.68 Å². The van der Waals surface area contributed by atoms with Crippen molar-refractivity contribution in [2.24, 2.45) is 0 Å². The average Bonchev–Trinajstić information content (AvgIpc) is 2.70. The van der Waals surface area contributed by atoms with E-state index in [9.17, 15) is 0 Å². The lowest BCUT2D eigenvalue weighted by atomic mass is 10.1. The van der Waals surface area contributed by atoms with Crippen LogP contribution < -0.4 is 5.32 Å². The van der Waals surface area contributed by atoms with E-state index in [1.165, 1.54) is 27.9 Å². The number of likely N-dealkylation sites (N-methyl/N-ethyl adjacent to an activating group) is 1. The first-order valence-corrected chi connectivity index (χ1v) is 7.82. The predicted octanol–water partition coefficient (Wildman–Crippen LogP) is 3.32. The van der Waals surface area contributed by atoms with Crippen molar-refractivity contribution in [3.8, 4) is 0 Å². The summed E-state index contributed by atoms with van der Waals surface area (Å²) < 4.78 is 2.15. The Labute approximate surface area is 128 Å². The summed E-state index contributed by atoms with van der Waals surface area (Å²) in [5, 5.41) is 8.13. The Bertz CT molecular complexity index is 611. The molecule has 0 aliphatic heterocycles. The molecule has 3 nitrogen and oxygen atoms in total. The highest BCUT2D eigenvalue weighted by Crippen LogP contribution is 2.17. The van der Waals surface area contributed by atoms with Gasteiger partial charge < -0.3 is 5.32 Å². The van der Waals surface area contributed by atoms with Crippen molar-refractivity contribution in [1.82, 2.24) is 15.1 Å². The highest BCUT2D eigenvalue weighted by atomic mass is 15.3. The molecule has 0 radical (unpaired) electrons. The quantitative estimate of drug-likeness (QED) is 0.825. The number of hydrogen-bond acceptors (Lipinski definition) is 2. The van der Waals surface area contributed by atoms with Gasteiger partial charge in [-0.2, -0.15) is 5.10 Å². The van der Waals surface area contributed by atoms with Crippen LogP contribution in [0.15, 0.2) is 18.2 Å². The maximum absolute atomic E-state index is 4.74. The summed E-state index contributed by atoms with van der Waals surface area (Å²) in [6, 6.07) is 6.63. The zero-order valence-corrected chi connectivity index (χ0v) is 14.0. The van der Waals surface area contributed by atoms with Gasteiger partial charge in [-0.15, -0.1) is 0 Å². The summed E-state index contributed by atoms with van der Waals surface area (Å²) in [7, 11) is 0. The summed E-state index contributed by atoms with van der Waals surface area (Å²) in [6.07, 6.45) is 1.05. The Balaban J connectivity index is 2.21. The van der Waals surface area contributed by atoms with E-state index in [0.29, 0.717) is 0 Å². The van der Waals surface area contributed by atoms with Gasteiger partial charge >= 0.3 is 0 Å². The number of aromatic nitrogens is 2. The molecule has 1 heterocycles. The third-order valence-corrected chi connectivity index (χ3v) is 4.16. The molecular formula is C18H27N3. The molecule has 0 aliphatic rings. The molecular weight excluding hydrogens is 258 g/mol. The third kappa shape index (κ3) is 3.73. The first kappa shape index (κ1) is 15.8. The van der Waals surface area contributed by atoms with Gasteiger partial charge in [-0.05, 0) is 63.9 Å². The molecule has 0 amide bonds. The molecule has 0 unspecified atom stereocenters. The van der Waals surface area contributed by atoms with Crippen LogP contribution in [0.4, 0.5) is 0 Å². The first-order valence-electron chi connectivity index (χ1n) is 7.82. The molecule has 0 spiro atoms. The minimum absolute atomic E-state index is 0.862. The van der Waals surface area contributed by atoms with Crippen LogP contribution in [0.2, 0.25) is 0 Å². The Hall–Kier alpha value is -1.61. The predicted molar refractivity (Wildman–Crippen MR) is 89.0 cm³/mol. The zero-order chi connectivity index (χ0) is 15.4. The van der Waals surface area contributed by atoms with Crippen LogP contribution in [0, 0.1) is 27.7 Å². The number of hydrogen-bond donors (Lipinski definition) is 1. The summed E-state index contributed by atoms with van der Waals surface area (Å²) in [6.45, 7) is 13.7. The average molecular weight is 285 g/mol. The smallest absolute Gasteiger partial charge is 0.0665 e. The van der Waals surface area contributed by atoms with E-state index >= 15 is 0 Å². The van der Waals surface area contributed by atoms with Gasteiger partial charge in [0.2, 0.25) is 0 Å². The molecule has 1 aromatic carbocycles. The van der Waals surface area contributed by atoms with Crippen molar-refractivity contribution >= 4 is 0 Å². The SMILES string of the molecule is CCNCCc1c(C)nn(Cc2cc(C)ccc2C)c1C. The molecule has 114 valence electrons. The second kappa shape index (κ2) is 6.90. The van der Waals surface area contributed by atoms with Gasteiger partial charge in [0.1, 0.15) is 0 Å². The Kier molecular flexibility index (Phi) is 5.18. The number of rotatable bonds is 6. The molecule has 1 N–H and O–H groups in total. The van der Waals surface area contributed by atoms with Gasteiger partial charge in [0.25, 0.3) is 0 Å². The zero-order valence-electron chi connectivity index (χ0n) is 14.0. The van der Waals surface area contributed by atoms with Crippen LogP contribution in [0.25, 0.3) is 0 Å². The van der Waals surface area contributed by atoms with Crippen molar-refractivity contribution in [1.29, 1.82) is 0 Å². The number of nitrogens with one attached hydrogen (secondary N) is 1. The van der Waals surface area contributed by atoms with Crippen molar-refractivity contribution in [2.45, 2.75) is 47.6 Å². The number of nitrogens with zero attached hydrogens (tertiary/aromatic N) is 2. The molecule has 0 atom stereocenters. The van der Waals surface area contributed by atoms with Crippen LogP contribution in [-0.4, -0.2) is 22.9 Å². The van der Waals surface area contributed by atoms with Gasteiger partial charge in [0, 0.05) is 5.69 Å². The topological polar surface area (TPSA) is 29.9 Å². The van der Waals surface area contributed by atoms with Gasteiger partial charge in [-0.1, -0.05) is 30.7 Å². The van der Waals surface area contributed by atoms with E-state index in [2.05, 4.69) is 62.8 Å². The van der Waals surface area contributed by atoms with Crippen LogP contribution in [0.5, 0.6) is 0 Å². The molecule has 0 fully saturated rings. The fourth-order valence-electron chi connectivity index (χ4n) is 2.77. The molecule has 0 saturated heterocycles. The maximum atomic E-state index is 4.74. The van der Waals surface area contributed by atoms with Crippen molar-refractivity contribution in [2.75, 3.05) is 13.1 Å². The highest BCUT2D eigenvalue weighted by Gasteiger charge is 2.12. The second-order valence-electron chi connectivity index (χ2n) is 5.84. The lowest BCUT2D eigenvalue weighted by Gasteiger charge is -2.10. The molecule has 21 heavy (non-hydrogen) atoms. The summed E-state index contributed by atoms with van der Waals surface area (Å²) in [5.41, 5.74) is 7.86. The molecule has 0 saturated carbocycles. The minimum Gasteiger partial charge on any atom is -0.317 e. The Morgan fingerprint density at radius 3 is 2.62 bits per heavy atom. The van der Waals surface area contributed by atoms with E-state index in [1.807, 2.05) is 0 Å². The van der Waals surface area contributed by atoms with E-state index in [0.717, 1.165) is 31.7 Å². The molecule has 3 heteroatoms. The van der Waals surface area contributed by atoms with E-state index in [-0.39, 0.29) is 0 Å². The van der Waals surface area contributed by atoms with Crippen LogP contribution in [0.3, 0.4) is 0 Å². The monoisotopic (exact) mass is 285 g/mol. The maximum Gasteiger partial charge on any atom is 0.0665 e. The third-order valence-electron chi connectivity index (χ3n) is 4.16. The minimum atomic E-state index is 0.862. The lowest BCUT2D eigenvalue weighted by Crippen LogP contribution is -2.16. The van der Waals surface area contributed by atoms with Crippen molar-refractivity contribution < 1.29 is 0 Å². The number of aryl methyl sites for hydroxylation is 3. The fourth-order valence-corrected chi connectivity index (χ4v) is 2.77. The molecule has 1 aromatic heterocycles. The van der Waals surface area contributed by atoms with E-state index in [4.69, 9.17) is 5.10 Å². The molecule has 2 rings (SSSR count). The Morgan fingerprint density at radius 2 is 1.90 bits per heavy atom. The van der Waals surface area contributed by atoms with Crippen LogP contribution >= 0.6 is 0 Å². The highest BCUT2D eigenvalue weighted by molar-refractivity contribution is 5.32. The summed E-state index contributed by atoms with van der Waals surface area (Å²) in [5.74, 6) is 0. The normalized spacial score (nSPS) is 11.1. The van der Waals surface area contributed by atoms with E-state index < -0.39 is 0 Å². The Morgan fingerprint density at radius 1 is 1.14 bits per heavy atom. The number of benzene rings is 1. The fraction of sp³-hybridized carbons (Fsp3) is 0.500. The van der Waals surface area contributed by atoms with Crippen LogP contribution in [0.1, 0.15) is 40.6 Å². The van der Waals surface area contributed by atoms with E-state index in [1.54, 1.807) is 0 Å². The lowest BCUT2D eigenvalue weighted by molar-refractivity contribution is 0.654. The standard InChI is InChI=1S/C18H27N3/c1-6-19-10-9-18-15(4)20-21(16(18)5)12-17-11-13(2)7-8-14(17)3/h7-8,11,19H,6,9-10,12H2,1-5H3. The van der Waals surface area contributed by atoms with Crippen molar-refractivity contribution in [3.05, 3.63) is 51.8 Å². The van der Waals surface area contributed by atoms with Crippen molar-refractivity contribution in [3.63, 3.8) is 0 Å². The van der Waals surface area contributed by atoms with Crippen LogP contribution in [-0.2, 0) is 13.0 Å². The van der Waals surface area contributed by atoms with Gasteiger partial charge in [0.15, 0.2) is 0 Å². The molecule has 0 aliphatic carbocycles. The summed E-state index contributed by atoms with van der Waals surface area (Å²) in [4.78, 5) is 0. The first-order chi connectivity index (χ1) is 10.0. The second-order valence-corrected chi connectivity index (χ2v) is 5.84. The van der Waals surface area contributed by atoms with Gasteiger partial charge in [-0.25, -0.2) is 0 Å². The summed E-state index contributed by atoms with van der Waals surface area (Å²) >= 11 is 0. The molecule has 2 aromatic rings. The molecule has 0 bridgehead atoms. The largest absolute Gasteiger partial charge is 0.317 e.